The van der Waals surface area contributed by atoms with Crippen LogP contribution < -0.4 is 5.73 Å². The highest BCUT2D eigenvalue weighted by molar-refractivity contribution is 5.90. The van der Waals surface area contributed by atoms with E-state index in [4.69, 9.17) is 20.5 Å². The number of ether oxygens (including phenoxy) is 2. The van der Waals surface area contributed by atoms with Crippen molar-refractivity contribution >= 4 is 11.4 Å². The molecule has 0 radical (unpaired) electrons. The van der Waals surface area contributed by atoms with Crippen LogP contribution in [0.3, 0.4) is 0 Å². The van der Waals surface area contributed by atoms with E-state index in [-0.39, 0.29) is 11.6 Å². The molecule has 1 aromatic carbocycles. The summed E-state index contributed by atoms with van der Waals surface area (Å²) < 4.78 is 50.6. The number of alkyl halides is 3. The normalized spacial score (nSPS) is 24.6. The summed E-state index contributed by atoms with van der Waals surface area (Å²) in [4.78, 5) is 4.39. The molecule has 1 aliphatic carbocycles. The van der Waals surface area contributed by atoms with Crippen LogP contribution in [-0.4, -0.2) is 31.3 Å². The number of hydrogen-bond acceptors (Lipinski definition) is 5. The van der Waals surface area contributed by atoms with Gasteiger partial charge in [-0.3, -0.25) is 4.99 Å². The second-order valence-corrected chi connectivity index (χ2v) is 6.19. The molecule has 5 nitrogen and oxygen atoms in total. The van der Waals surface area contributed by atoms with Crippen LogP contribution in [0.15, 0.2) is 23.2 Å². The third-order valence-electron chi connectivity index (χ3n) is 4.59. The maximum atomic E-state index is 13.1. The lowest BCUT2D eigenvalue weighted by molar-refractivity contribution is -0.174. The Balaban J connectivity index is 1.88. The molecule has 2 aliphatic rings. The molecule has 25 heavy (non-hydrogen) atoms. The van der Waals surface area contributed by atoms with Crippen LogP contribution in [0.4, 0.5) is 18.9 Å². The third kappa shape index (κ3) is 3.68. The molecule has 8 heteroatoms. The van der Waals surface area contributed by atoms with E-state index in [2.05, 4.69) is 4.99 Å². The lowest BCUT2D eigenvalue weighted by Crippen LogP contribution is -2.43. The van der Waals surface area contributed by atoms with Crippen molar-refractivity contribution in [1.82, 2.24) is 0 Å². The summed E-state index contributed by atoms with van der Waals surface area (Å²) in [7, 11) is 0. The quantitative estimate of drug-likeness (QED) is 0.886. The first-order chi connectivity index (χ1) is 11.9. The Morgan fingerprint density at radius 1 is 1.32 bits per heavy atom. The standard InChI is InChI=1S/C17H18F3N3O2/c18-17(19,20)14-7-13(2-1-11(14)9-21)23-15-3-4-16(8-12(15)10-22)24-5-6-25-16/h1-2,7,12H,3-6,8,10,22H2. The largest absolute Gasteiger partial charge is 0.417 e. The van der Waals surface area contributed by atoms with Crippen LogP contribution in [0.5, 0.6) is 0 Å². The average Bonchev–Trinajstić information content (AvgIpc) is 3.04. The maximum absolute atomic E-state index is 13.1. The molecule has 1 aromatic rings. The molecule has 0 bridgehead atoms. The Labute approximate surface area is 143 Å². The molecule has 1 aliphatic heterocycles. The molecule has 134 valence electrons. The highest BCUT2D eigenvalue weighted by atomic mass is 19.4. The Kier molecular flexibility index (Phi) is 4.82. The smallest absolute Gasteiger partial charge is 0.347 e. The van der Waals surface area contributed by atoms with Crippen molar-refractivity contribution in [3.8, 4) is 6.07 Å². The number of nitrogens with two attached hydrogens (primary N) is 1. The minimum Gasteiger partial charge on any atom is -0.347 e. The van der Waals surface area contributed by atoms with Crippen molar-refractivity contribution in [3.63, 3.8) is 0 Å². The van der Waals surface area contributed by atoms with Crippen molar-refractivity contribution in [2.45, 2.75) is 31.2 Å². The minimum absolute atomic E-state index is 0.114. The van der Waals surface area contributed by atoms with Gasteiger partial charge in [0.05, 0.1) is 36.1 Å². The molecule has 1 saturated heterocycles. The van der Waals surface area contributed by atoms with Gasteiger partial charge in [0, 0.05) is 31.0 Å². The van der Waals surface area contributed by atoms with Crippen LogP contribution in [0, 0.1) is 17.2 Å². The first-order valence-electron chi connectivity index (χ1n) is 8.04. The van der Waals surface area contributed by atoms with E-state index in [0.717, 1.165) is 17.8 Å². The van der Waals surface area contributed by atoms with Gasteiger partial charge in [-0.15, -0.1) is 0 Å². The van der Waals surface area contributed by atoms with E-state index in [9.17, 15) is 13.2 Å². The van der Waals surface area contributed by atoms with E-state index < -0.39 is 23.1 Å². The van der Waals surface area contributed by atoms with Crippen molar-refractivity contribution < 1.29 is 22.6 Å². The Hall–Kier alpha value is -1.95. The number of nitriles is 1. The summed E-state index contributed by atoms with van der Waals surface area (Å²) >= 11 is 0. The number of aliphatic imine (C=N–C) groups is 1. The molecule has 1 spiro atoms. The van der Waals surface area contributed by atoms with Gasteiger partial charge >= 0.3 is 6.18 Å². The summed E-state index contributed by atoms with van der Waals surface area (Å²) in [6.07, 6.45) is -2.91. The molecular formula is C17H18F3N3O2. The van der Waals surface area contributed by atoms with E-state index in [0.29, 0.717) is 39.0 Å². The van der Waals surface area contributed by atoms with E-state index >= 15 is 0 Å². The van der Waals surface area contributed by atoms with Crippen LogP contribution >= 0.6 is 0 Å². The van der Waals surface area contributed by atoms with Gasteiger partial charge in [-0.25, -0.2) is 0 Å². The van der Waals surface area contributed by atoms with Gasteiger partial charge in [0.25, 0.3) is 0 Å². The van der Waals surface area contributed by atoms with Crippen molar-refractivity contribution in [2.24, 2.45) is 16.6 Å². The zero-order chi connectivity index (χ0) is 18.1. The summed E-state index contributed by atoms with van der Waals surface area (Å²) in [5.41, 5.74) is 5.35. The molecule has 2 fully saturated rings. The van der Waals surface area contributed by atoms with Crippen molar-refractivity contribution in [1.29, 1.82) is 5.26 Å². The Morgan fingerprint density at radius 2 is 2.04 bits per heavy atom. The third-order valence-corrected chi connectivity index (χ3v) is 4.59. The van der Waals surface area contributed by atoms with Gasteiger partial charge in [0.2, 0.25) is 0 Å². The van der Waals surface area contributed by atoms with Crippen LogP contribution in [-0.2, 0) is 15.7 Å². The highest BCUT2D eigenvalue weighted by Crippen LogP contribution is 2.39. The van der Waals surface area contributed by atoms with Gasteiger partial charge in [-0.1, -0.05) is 0 Å². The molecule has 2 N–H and O–H groups in total. The number of hydrogen-bond donors (Lipinski definition) is 1. The van der Waals surface area contributed by atoms with Crippen LogP contribution in [0.25, 0.3) is 0 Å². The molecule has 1 saturated carbocycles. The van der Waals surface area contributed by atoms with Crippen LogP contribution in [0.1, 0.15) is 30.4 Å². The second-order valence-electron chi connectivity index (χ2n) is 6.19. The summed E-state index contributed by atoms with van der Waals surface area (Å²) in [6, 6.07) is 5.04. The van der Waals surface area contributed by atoms with E-state index in [1.54, 1.807) is 6.07 Å². The van der Waals surface area contributed by atoms with E-state index in [1.807, 2.05) is 0 Å². The summed E-state index contributed by atoms with van der Waals surface area (Å²) in [5, 5.41) is 8.86. The predicted octanol–water partition coefficient (Wildman–Crippen LogP) is 3.15. The summed E-state index contributed by atoms with van der Waals surface area (Å²) in [5.74, 6) is -0.748. The molecular weight excluding hydrogens is 335 g/mol. The zero-order valence-electron chi connectivity index (χ0n) is 13.5. The van der Waals surface area contributed by atoms with Gasteiger partial charge in [0.1, 0.15) is 0 Å². The van der Waals surface area contributed by atoms with Crippen molar-refractivity contribution in [2.75, 3.05) is 19.8 Å². The van der Waals surface area contributed by atoms with Gasteiger partial charge < -0.3 is 15.2 Å². The first-order valence-corrected chi connectivity index (χ1v) is 8.04. The van der Waals surface area contributed by atoms with Crippen LogP contribution in [0.2, 0.25) is 0 Å². The second kappa shape index (κ2) is 6.75. The molecule has 1 unspecified atom stereocenters. The van der Waals surface area contributed by atoms with Gasteiger partial charge in [-0.2, -0.15) is 18.4 Å². The fourth-order valence-electron chi connectivity index (χ4n) is 3.34. The van der Waals surface area contributed by atoms with Gasteiger partial charge in [-0.05, 0) is 24.6 Å². The first kappa shape index (κ1) is 17.9. The lowest BCUT2D eigenvalue weighted by Gasteiger charge is -2.36. The van der Waals surface area contributed by atoms with E-state index in [1.165, 1.54) is 6.07 Å². The number of benzene rings is 1. The van der Waals surface area contributed by atoms with Gasteiger partial charge in [0.15, 0.2) is 5.79 Å². The monoisotopic (exact) mass is 353 g/mol. The lowest BCUT2D eigenvalue weighted by atomic mass is 9.83. The average molecular weight is 353 g/mol. The predicted molar refractivity (Wildman–Crippen MR) is 84.3 cm³/mol. The maximum Gasteiger partial charge on any atom is 0.417 e. The minimum atomic E-state index is -4.60. The summed E-state index contributed by atoms with van der Waals surface area (Å²) in [6.45, 7) is 1.39. The molecule has 0 amide bonds. The number of halogens is 3. The fraction of sp³-hybridized carbons (Fsp3) is 0.529. The highest BCUT2D eigenvalue weighted by Gasteiger charge is 2.43. The fourth-order valence-corrected chi connectivity index (χ4v) is 3.34. The zero-order valence-corrected chi connectivity index (χ0v) is 13.5. The molecule has 1 atom stereocenters. The van der Waals surface area contributed by atoms with Crippen molar-refractivity contribution in [3.05, 3.63) is 29.3 Å². The molecule has 0 aromatic heterocycles. The molecule has 1 heterocycles. The number of rotatable bonds is 2. The Bertz CT molecular complexity index is 719. The number of nitrogens with zero attached hydrogens (tertiary/aromatic N) is 2. The SMILES string of the molecule is N#Cc1ccc(N=C2CCC3(CC2CN)OCCO3)cc1C(F)(F)F. The molecule has 3 rings (SSSR count). The topological polar surface area (TPSA) is 80.6 Å². The Morgan fingerprint density at radius 3 is 2.64 bits per heavy atom.